The molecule has 0 spiro atoms. The van der Waals surface area contributed by atoms with Gasteiger partial charge in [0.25, 0.3) is 0 Å². The second-order valence-electron chi connectivity index (χ2n) is 5.92. The van der Waals surface area contributed by atoms with Gasteiger partial charge in [0.1, 0.15) is 0 Å². The molecule has 1 aromatic rings. The molecular formula is C18H32N2. The third kappa shape index (κ3) is 4.07. The van der Waals surface area contributed by atoms with Crippen LogP contribution in [0.15, 0.2) is 30.3 Å². The standard InChI is InChI=1S/C18H32N2/c1-6-18(7-2,20(4)5)17(19-3)15-11-14-16-12-9-8-10-13-16/h8-10,12-13,17,19H,6-7,11,14-15H2,1-5H3. The quantitative estimate of drug-likeness (QED) is 0.739. The Balaban J connectivity index is 2.61. The smallest absolute Gasteiger partial charge is 0.0351 e. The molecule has 0 aliphatic carbocycles. The summed E-state index contributed by atoms with van der Waals surface area (Å²) >= 11 is 0. The van der Waals surface area contributed by atoms with Crippen LogP contribution >= 0.6 is 0 Å². The monoisotopic (exact) mass is 276 g/mol. The minimum Gasteiger partial charge on any atom is -0.315 e. The zero-order valence-corrected chi connectivity index (χ0v) is 13.9. The molecule has 0 aliphatic rings. The van der Waals surface area contributed by atoms with Crippen LogP contribution < -0.4 is 5.32 Å². The first-order chi connectivity index (χ1) is 9.60. The van der Waals surface area contributed by atoms with Crippen molar-refractivity contribution >= 4 is 0 Å². The van der Waals surface area contributed by atoms with Crippen molar-refractivity contribution in [1.82, 2.24) is 10.2 Å². The Kier molecular flexibility index (Phi) is 7.25. The van der Waals surface area contributed by atoms with Gasteiger partial charge in [-0.3, -0.25) is 0 Å². The number of hydrogen-bond acceptors (Lipinski definition) is 2. The highest BCUT2D eigenvalue weighted by Crippen LogP contribution is 2.28. The Hall–Kier alpha value is -0.860. The zero-order chi connectivity index (χ0) is 15.0. The number of aryl methyl sites for hydroxylation is 1. The lowest BCUT2D eigenvalue weighted by Gasteiger charge is -2.45. The molecule has 0 aliphatic heterocycles. The van der Waals surface area contributed by atoms with E-state index in [1.54, 1.807) is 0 Å². The van der Waals surface area contributed by atoms with Crippen LogP contribution in [0.4, 0.5) is 0 Å². The van der Waals surface area contributed by atoms with Crippen LogP contribution in [0.2, 0.25) is 0 Å². The normalized spacial score (nSPS) is 13.7. The SMILES string of the molecule is CCC(CC)(C(CCCc1ccccc1)NC)N(C)C. The van der Waals surface area contributed by atoms with E-state index in [1.807, 2.05) is 0 Å². The summed E-state index contributed by atoms with van der Waals surface area (Å²) in [4.78, 5) is 2.41. The van der Waals surface area contributed by atoms with Crippen LogP contribution in [0, 0.1) is 0 Å². The Morgan fingerprint density at radius 2 is 1.70 bits per heavy atom. The predicted molar refractivity (Wildman–Crippen MR) is 89.2 cm³/mol. The Morgan fingerprint density at radius 3 is 2.15 bits per heavy atom. The first-order valence-corrected chi connectivity index (χ1v) is 7.99. The molecular weight excluding hydrogens is 244 g/mol. The topological polar surface area (TPSA) is 15.3 Å². The molecule has 0 aromatic heterocycles. The van der Waals surface area contributed by atoms with Crippen molar-refractivity contribution in [2.75, 3.05) is 21.1 Å². The number of hydrogen-bond donors (Lipinski definition) is 1. The molecule has 0 heterocycles. The molecule has 1 aromatic carbocycles. The molecule has 2 heteroatoms. The summed E-state index contributed by atoms with van der Waals surface area (Å²) in [7, 11) is 6.54. The summed E-state index contributed by atoms with van der Waals surface area (Å²) in [5, 5.41) is 3.57. The Labute approximate surface area is 125 Å². The van der Waals surface area contributed by atoms with Gasteiger partial charge in [-0.05, 0) is 58.8 Å². The minimum absolute atomic E-state index is 0.269. The number of nitrogens with one attached hydrogen (secondary N) is 1. The maximum Gasteiger partial charge on any atom is 0.0351 e. The fourth-order valence-corrected chi connectivity index (χ4v) is 3.52. The summed E-state index contributed by atoms with van der Waals surface area (Å²) < 4.78 is 0. The molecule has 1 rings (SSSR count). The highest BCUT2D eigenvalue weighted by molar-refractivity contribution is 5.14. The molecule has 114 valence electrons. The summed E-state index contributed by atoms with van der Waals surface area (Å²) in [5.41, 5.74) is 1.72. The largest absolute Gasteiger partial charge is 0.315 e. The average Bonchev–Trinajstić information content (AvgIpc) is 2.47. The van der Waals surface area contributed by atoms with E-state index in [0.29, 0.717) is 6.04 Å². The van der Waals surface area contributed by atoms with Gasteiger partial charge in [0.05, 0.1) is 0 Å². The van der Waals surface area contributed by atoms with Crippen LogP contribution in [-0.4, -0.2) is 37.6 Å². The second kappa shape index (κ2) is 8.43. The van der Waals surface area contributed by atoms with E-state index in [1.165, 1.54) is 37.7 Å². The first kappa shape index (κ1) is 17.2. The summed E-state index contributed by atoms with van der Waals surface area (Å²) in [6, 6.07) is 11.4. The Bertz CT molecular complexity index is 355. The lowest BCUT2D eigenvalue weighted by molar-refractivity contribution is 0.0868. The molecule has 0 saturated heterocycles. The number of benzene rings is 1. The van der Waals surface area contributed by atoms with Crippen LogP contribution in [0.25, 0.3) is 0 Å². The van der Waals surface area contributed by atoms with E-state index < -0.39 is 0 Å². The first-order valence-electron chi connectivity index (χ1n) is 7.99. The fourth-order valence-electron chi connectivity index (χ4n) is 3.52. The van der Waals surface area contributed by atoms with Gasteiger partial charge >= 0.3 is 0 Å². The summed E-state index contributed by atoms with van der Waals surface area (Å²) in [6.45, 7) is 4.62. The molecule has 20 heavy (non-hydrogen) atoms. The highest BCUT2D eigenvalue weighted by Gasteiger charge is 2.36. The third-order valence-electron chi connectivity index (χ3n) is 4.91. The molecule has 1 N–H and O–H groups in total. The van der Waals surface area contributed by atoms with Crippen LogP contribution in [0.1, 0.15) is 45.1 Å². The van der Waals surface area contributed by atoms with Crippen LogP contribution in [0.3, 0.4) is 0 Å². The lowest BCUT2D eigenvalue weighted by atomic mass is 9.80. The van der Waals surface area contributed by atoms with E-state index in [0.717, 1.165) is 0 Å². The molecule has 0 radical (unpaired) electrons. The fraction of sp³-hybridized carbons (Fsp3) is 0.667. The minimum atomic E-state index is 0.269. The molecule has 0 saturated carbocycles. The van der Waals surface area contributed by atoms with Crippen LogP contribution in [0.5, 0.6) is 0 Å². The molecule has 1 unspecified atom stereocenters. The predicted octanol–water partition coefficient (Wildman–Crippen LogP) is 3.72. The van der Waals surface area contributed by atoms with Gasteiger partial charge in [-0.25, -0.2) is 0 Å². The molecule has 1 atom stereocenters. The summed E-state index contributed by atoms with van der Waals surface area (Å²) in [6.07, 6.45) is 6.02. The molecule has 0 bridgehead atoms. The number of rotatable bonds is 9. The van der Waals surface area contributed by atoms with Crippen molar-refractivity contribution in [2.24, 2.45) is 0 Å². The van der Waals surface area contributed by atoms with Crippen molar-refractivity contribution in [3.8, 4) is 0 Å². The van der Waals surface area contributed by atoms with E-state index >= 15 is 0 Å². The Morgan fingerprint density at radius 1 is 1.10 bits per heavy atom. The van der Waals surface area contributed by atoms with Gasteiger partial charge in [0.2, 0.25) is 0 Å². The van der Waals surface area contributed by atoms with E-state index in [-0.39, 0.29) is 5.54 Å². The van der Waals surface area contributed by atoms with Crippen molar-refractivity contribution in [3.05, 3.63) is 35.9 Å². The van der Waals surface area contributed by atoms with Gasteiger partial charge in [0.15, 0.2) is 0 Å². The molecule has 2 nitrogen and oxygen atoms in total. The van der Waals surface area contributed by atoms with Crippen molar-refractivity contribution in [1.29, 1.82) is 0 Å². The van der Waals surface area contributed by atoms with Gasteiger partial charge in [0, 0.05) is 11.6 Å². The molecule has 0 amide bonds. The van der Waals surface area contributed by atoms with Crippen molar-refractivity contribution < 1.29 is 0 Å². The van der Waals surface area contributed by atoms with Gasteiger partial charge in [-0.2, -0.15) is 0 Å². The average molecular weight is 276 g/mol. The van der Waals surface area contributed by atoms with Crippen molar-refractivity contribution in [2.45, 2.75) is 57.5 Å². The van der Waals surface area contributed by atoms with Gasteiger partial charge < -0.3 is 10.2 Å². The number of nitrogens with zero attached hydrogens (tertiary/aromatic N) is 1. The van der Waals surface area contributed by atoms with Crippen molar-refractivity contribution in [3.63, 3.8) is 0 Å². The number of likely N-dealkylation sites (N-methyl/N-ethyl adjacent to an activating group) is 2. The van der Waals surface area contributed by atoms with E-state index in [4.69, 9.17) is 0 Å². The van der Waals surface area contributed by atoms with Gasteiger partial charge in [-0.15, -0.1) is 0 Å². The lowest BCUT2D eigenvalue weighted by Crippen LogP contribution is -2.57. The van der Waals surface area contributed by atoms with Crippen LogP contribution in [-0.2, 0) is 6.42 Å². The van der Waals surface area contributed by atoms with E-state index in [9.17, 15) is 0 Å². The second-order valence-corrected chi connectivity index (χ2v) is 5.92. The third-order valence-corrected chi connectivity index (χ3v) is 4.91. The highest BCUT2D eigenvalue weighted by atomic mass is 15.2. The zero-order valence-electron chi connectivity index (χ0n) is 13.9. The summed E-state index contributed by atoms with van der Waals surface area (Å²) in [5.74, 6) is 0. The maximum absolute atomic E-state index is 3.57. The molecule has 0 fully saturated rings. The maximum atomic E-state index is 3.57. The van der Waals surface area contributed by atoms with Gasteiger partial charge in [-0.1, -0.05) is 44.2 Å². The van der Waals surface area contributed by atoms with E-state index in [2.05, 4.69) is 75.5 Å².